The molecule has 22 heavy (non-hydrogen) atoms. The number of carbonyl (C=O) groups is 2. The number of aliphatic carboxylic acids is 1. The third-order valence-electron chi connectivity index (χ3n) is 4.18. The molecule has 0 spiro atoms. The first-order valence-corrected chi connectivity index (χ1v) is 8.16. The van der Waals surface area contributed by atoms with Crippen LogP contribution in [0.3, 0.4) is 0 Å². The highest BCUT2D eigenvalue weighted by Gasteiger charge is 2.23. The van der Waals surface area contributed by atoms with Crippen LogP contribution in [0.1, 0.15) is 37.7 Å². The van der Waals surface area contributed by atoms with Gasteiger partial charge in [-0.1, -0.05) is 23.7 Å². The highest BCUT2D eigenvalue weighted by Crippen LogP contribution is 2.22. The highest BCUT2D eigenvalue weighted by molar-refractivity contribution is 6.30. The number of hydrogen-bond donors (Lipinski definition) is 1. The van der Waals surface area contributed by atoms with E-state index in [1.54, 1.807) is 0 Å². The van der Waals surface area contributed by atoms with Crippen molar-refractivity contribution in [3.05, 3.63) is 34.9 Å². The number of carboxylic acids is 1. The second kappa shape index (κ2) is 8.18. The lowest BCUT2D eigenvalue weighted by Gasteiger charge is -2.32. The molecule has 1 aromatic rings. The second-order valence-corrected chi connectivity index (χ2v) is 6.34. The van der Waals surface area contributed by atoms with Gasteiger partial charge in [0.25, 0.3) is 0 Å². The monoisotopic (exact) mass is 323 g/mol. The van der Waals surface area contributed by atoms with Gasteiger partial charge in [-0.05, 0) is 49.3 Å². The van der Waals surface area contributed by atoms with Gasteiger partial charge in [0, 0.05) is 31.0 Å². The molecule has 0 radical (unpaired) electrons. The number of benzene rings is 1. The van der Waals surface area contributed by atoms with Crippen LogP contribution < -0.4 is 0 Å². The molecule has 0 aliphatic carbocycles. The Labute approximate surface area is 136 Å². The van der Waals surface area contributed by atoms with Crippen LogP contribution in [-0.2, 0) is 16.0 Å². The zero-order chi connectivity index (χ0) is 15.9. The largest absolute Gasteiger partial charge is 0.481 e. The van der Waals surface area contributed by atoms with E-state index in [2.05, 4.69) is 0 Å². The molecule has 1 aliphatic heterocycles. The van der Waals surface area contributed by atoms with Crippen molar-refractivity contribution in [1.82, 2.24) is 4.90 Å². The molecule has 1 unspecified atom stereocenters. The van der Waals surface area contributed by atoms with Gasteiger partial charge in [0.1, 0.15) is 0 Å². The number of aryl methyl sites for hydroxylation is 1. The van der Waals surface area contributed by atoms with Gasteiger partial charge in [-0.2, -0.15) is 0 Å². The maximum absolute atomic E-state index is 12.3. The Kier molecular flexibility index (Phi) is 6.25. The summed E-state index contributed by atoms with van der Waals surface area (Å²) >= 11 is 5.85. The van der Waals surface area contributed by atoms with Crippen molar-refractivity contribution in [3.8, 4) is 0 Å². The van der Waals surface area contributed by atoms with Gasteiger partial charge in [0.15, 0.2) is 0 Å². The molecular formula is C17H22ClNO3. The molecule has 1 N–H and O–H groups in total. The summed E-state index contributed by atoms with van der Waals surface area (Å²) in [7, 11) is 0. The van der Waals surface area contributed by atoms with Gasteiger partial charge in [-0.3, -0.25) is 9.59 Å². The van der Waals surface area contributed by atoms with E-state index >= 15 is 0 Å². The lowest BCUT2D eigenvalue weighted by atomic mass is 9.93. The van der Waals surface area contributed by atoms with Crippen LogP contribution in [-0.4, -0.2) is 35.0 Å². The van der Waals surface area contributed by atoms with E-state index in [1.165, 1.54) is 0 Å². The third-order valence-corrected chi connectivity index (χ3v) is 4.43. The number of amides is 1. The Bertz CT molecular complexity index is 515. The minimum atomic E-state index is -0.758. The molecule has 1 heterocycles. The molecule has 1 amide bonds. The number of halogens is 1. The SMILES string of the molecule is O=C(O)CCC1CCCN(C(=O)CCc2ccc(Cl)cc2)C1. The number of likely N-dealkylation sites (tertiary alicyclic amines) is 1. The molecule has 4 nitrogen and oxygen atoms in total. The molecule has 120 valence electrons. The number of rotatable bonds is 6. The van der Waals surface area contributed by atoms with Gasteiger partial charge in [-0.15, -0.1) is 0 Å². The van der Waals surface area contributed by atoms with E-state index in [9.17, 15) is 9.59 Å². The Hall–Kier alpha value is -1.55. The quantitative estimate of drug-likeness (QED) is 0.873. The first kappa shape index (κ1) is 16.8. The normalized spacial score (nSPS) is 18.2. The van der Waals surface area contributed by atoms with Crippen LogP contribution >= 0.6 is 11.6 Å². The van der Waals surface area contributed by atoms with E-state index in [-0.39, 0.29) is 12.3 Å². The van der Waals surface area contributed by atoms with Crippen LogP contribution in [0.5, 0.6) is 0 Å². The minimum absolute atomic E-state index is 0.162. The van der Waals surface area contributed by atoms with Gasteiger partial charge in [0.2, 0.25) is 5.91 Å². The minimum Gasteiger partial charge on any atom is -0.481 e. The first-order valence-electron chi connectivity index (χ1n) is 7.78. The maximum atomic E-state index is 12.3. The molecule has 1 aliphatic rings. The molecule has 5 heteroatoms. The summed E-state index contributed by atoms with van der Waals surface area (Å²) in [5.74, 6) is -0.273. The third kappa shape index (κ3) is 5.34. The van der Waals surface area contributed by atoms with Crippen molar-refractivity contribution in [3.63, 3.8) is 0 Å². The Morgan fingerprint density at radius 2 is 1.95 bits per heavy atom. The smallest absolute Gasteiger partial charge is 0.303 e. The molecule has 0 saturated carbocycles. The predicted octanol–water partition coefficient (Wildman–Crippen LogP) is 3.38. The topological polar surface area (TPSA) is 57.6 Å². The second-order valence-electron chi connectivity index (χ2n) is 5.91. The van der Waals surface area contributed by atoms with E-state index in [0.717, 1.165) is 24.9 Å². The highest BCUT2D eigenvalue weighted by atomic mass is 35.5. The Morgan fingerprint density at radius 1 is 1.23 bits per heavy atom. The maximum Gasteiger partial charge on any atom is 0.303 e. The van der Waals surface area contributed by atoms with Gasteiger partial charge >= 0.3 is 5.97 Å². The van der Waals surface area contributed by atoms with E-state index in [1.807, 2.05) is 29.2 Å². The average Bonchev–Trinajstić information content (AvgIpc) is 2.52. The lowest BCUT2D eigenvalue weighted by molar-refractivity contribution is -0.137. The van der Waals surface area contributed by atoms with Crippen molar-refractivity contribution in [2.24, 2.45) is 5.92 Å². The summed E-state index contributed by atoms with van der Waals surface area (Å²) in [6.07, 6.45) is 4.05. The fourth-order valence-electron chi connectivity index (χ4n) is 2.92. The van der Waals surface area contributed by atoms with Crippen molar-refractivity contribution in [2.45, 2.75) is 38.5 Å². The molecule has 1 saturated heterocycles. The standard InChI is InChI=1S/C17H22ClNO3/c18-15-7-3-13(4-8-15)5-9-16(20)19-11-1-2-14(12-19)6-10-17(21)22/h3-4,7-8,14H,1-2,5-6,9-12H2,(H,21,22). The van der Waals surface area contributed by atoms with E-state index < -0.39 is 5.97 Å². The summed E-state index contributed by atoms with van der Waals surface area (Å²) < 4.78 is 0. The van der Waals surface area contributed by atoms with Crippen molar-refractivity contribution in [1.29, 1.82) is 0 Å². The molecular weight excluding hydrogens is 302 g/mol. The zero-order valence-electron chi connectivity index (χ0n) is 12.6. The number of hydrogen-bond acceptors (Lipinski definition) is 2. The number of nitrogens with zero attached hydrogens (tertiary/aromatic N) is 1. The fraction of sp³-hybridized carbons (Fsp3) is 0.529. The van der Waals surface area contributed by atoms with Crippen molar-refractivity contribution < 1.29 is 14.7 Å². The summed E-state index contributed by atoms with van der Waals surface area (Å²) in [5, 5.41) is 9.46. The van der Waals surface area contributed by atoms with Crippen LogP contribution in [0.2, 0.25) is 5.02 Å². The van der Waals surface area contributed by atoms with Gasteiger partial charge < -0.3 is 10.0 Å². The van der Waals surface area contributed by atoms with Crippen LogP contribution in [0, 0.1) is 5.92 Å². The lowest BCUT2D eigenvalue weighted by Crippen LogP contribution is -2.40. The number of piperidine rings is 1. The molecule has 2 rings (SSSR count). The summed E-state index contributed by atoms with van der Waals surface area (Å²) in [6, 6.07) is 7.57. The molecule has 1 atom stereocenters. The van der Waals surface area contributed by atoms with E-state index in [4.69, 9.17) is 16.7 Å². The van der Waals surface area contributed by atoms with E-state index in [0.29, 0.717) is 36.7 Å². The summed E-state index contributed by atoms with van der Waals surface area (Å²) in [5.41, 5.74) is 1.11. The van der Waals surface area contributed by atoms with Gasteiger partial charge in [0.05, 0.1) is 0 Å². The summed E-state index contributed by atoms with van der Waals surface area (Å²) in [4.78, 5) is 24.9. The van der Waals surface area contributed by atoms with Crippen LogP contribution in [0.25, 0.3) is 0 Å². The first-order chi connectivity index (χ1) is 10.5. The molecule has 1 fully saturated rings. The van der Waals surface area contributed by atoms with Crippen molar-refractivity contribution in [2.75, 3.05) is 13.1 Å². The number of carboxylic acid groups (broad SMARTS) is 1. The Balaban J connectivity index is 1.78. The van der Waals surface area contributed by atoms with Crippen LogP contribution in [0.15, 0.2) is 24.3 Å². The van der Waals surface area contributed by atoms with Crippen molar-refractivity contribution >= 4 is 23.5 Å². The summed E-state index contributed by atoms with van der Waals surface area (Å²) in [6.45, 7) is 1.50. The predicted molar refractivity (Wildman–Crippen MR) is 85.9 cm³/mol. The zero-order valence-corrected chi connectivity index (χ0v) is 13.4. The fourth-order valence-corrected chi connectivity index (χ4v) is 3.04. The number of carbonyl (C=O) groups excluding carboxylic acids is 1. The molecule has 1 aromatic carbocycles. The van der Waals surface area contributed by atoms with Crippen LogP contribution in [0.4, 0.5) is 0 Å². The molecule has 0 aromatic heterocycles. The Morgan fingerprint density at radius 3 is 2.64 bits per heavy atom. The van der Waals surface area contributed by atoms with Gasteiger partial charge in [-0.25, -0.2) is 0 Å². The molecule has 0 bridgehead atoms. The average molecular weight is 324 g/mol.